The number of nitrogens with zero attached hydrogens (tertiary/aromatic N) is 3. The molecule has 1 fully saturated rings. The Morgan fingerprint density at radius 3 is 2.90 bits per heavy atom. The fourth-order valence-corrected chi connectivity index (χ4v) is 5.66. The van der Waals surface area contributed by atoms with Crippen LogP contribution in [0.15, 0.2) is 84.2 Å². The average molecular weight is 566 g/mol. The maximum Gasteiger partial charge on any atom is 0.215 e. The number of halogens is 2. The second-order valence-electron chi connectivity index (χ2n) is 9.85. The Hall–Kier alpha value is -3.07. The Morgan fingerprint density at radius 2 is 2.08 bits per heavy atom. The largest absolute Gasteiger partial charge is 0.491 e. The molecule has 0 bridgehead atoms. The molecule has 4 heterocycles. The molecule has 2 aliphatic rings. The van der Waals surface area contributed by atoms with E-state index < -0.39 is 5.79 Å². The molecule has 39 heavy (non-hydrogen) atoms. The molecule has 2 aliphatic heterocycles. The van der Waals surface area contributed by atoms with Crippen LogP contribution in [0, 0.1) is 0 Å². The Bertz CT molecular complexity index is 1420. The van der Waals surface area contributed by atoms with Crippen molar-refractivity contribution in [2.24, 2.45) is 0 Å². The highest BCUT2D eigenvalue weighted by molar-refractivity contribution is 6.35. The van der Waals surface area contributed by atoms with Crippen molar-refractivity contribution in [1.82, 2.24) is 14.5 Å². The van der Waals surface area contributed by atoms with Crippen LogP contribution in [0.5, 0.6) is 5.75 Å². The van der Waals surface area contributed by atoms with E-state index in [1.54, 1.807) is 37.2 Å². The molecule has 9 heteroatoms. The first-order chi connectivity index (χ1) is 19.1. The van der Waals surface area contributed by atoms with Gasteiger partial charge in [-0.3, -0.25) is 4.90 Å². The molecule has 0 spiro atoms. The summed E-state index contributed by atoms with van der Waals surface area (Å²) in [7, 11) is 0. The van der Waals surface area contributed by atoms with Gasteiger partial charge in [0.05, 0.1) is 37.0 Å². The molecule has 4 aromatic rings. The quantitative estimate of drug-likeness (QED) is 0.241. The van der Waals surface area contributed by atoms with Crippen LogP contribution in [0.25, 0.3) is 6.08 Å². The number of benzene rings is 2. The molecule has 1 saturated heterocycles. The summed E-state index contributed by atoms with van der Waals surface area (Å²) in [5, 5.41) is 1.05. The van der Waals surface area contributed by atoms with E-state index in [2.05, 4.69) is 34.2 Å². The smallest absolute Gasteiger partial charge is 0.215 e. The van der Waals surface area contributed by atoms with Gasteiger partial charge in [0.25, 0.3) is 0 Å². The Labute approximate surface area is 237 Å². The van der Waals surface area contributed by atoms with Crippen LogP contribution in [0.3, 0.4) is 0 Å². The number of rotatable bonds is 9. The predicted octanol–water partition coefficient (Wildman–Crippen LogP) is 6.20. The highest BCUT2D eigenvalue weighted by Gasteiger charge is 2.45. The highest BCUT2D eigenvalue weighted by Crippen LogP contribution is 2.40. The molecule has 0 unspecified atom stereocenters. The summed E-state index contributed by atoms with van der Waals surface area (Å²) in [5.74, 6) is -0.232. The first-order valence-electron chi connectivity index (χ1n) is 12.9. The predicted molar refractivity (Wildman–Crippen MR) is 150 cm³/mol. The van der Waals surface area contributed by atoms with Crippen LogP contribution >= 0.6 is 23.2 Å². The van der Waals surface area contributed by atoms with E-state index in [0.717, 1.165) is 42.9 Å². The van der Waals surface area contributed by atoms with Gasteiger partial charge < -0.3 is 23.2 Å². The molecular formula is C30H29Cl2N3O4. The van der Waals surface area contributed by atoms with Crippen LogP contribution in [0.1, 0.15) is 22.3 Å². The van der Waals surface area contributed by atoms with Crippen LogP contribution < -0.4 is 4.74 Å². The van der Waals surface area contributed by atoms with E-state index in [4.69, 9.17) is 41.8 Å². The minimum absolute atomic E-state index is 0.270. The topological polar surface area (TPSA) is 61.9 Å². The van der Waals surface area contributed by atoms with Crippen LogP contribution in [-0.2, 0) is 34.8 Å². The molecule has 2 atom stereocenters. The minimum Gasteiger partial charge on any atom is -0.491 e. The summed E-state index contributed by atoms with van der Waals surface area (Å²) in [4.78, 5) is 6.58. The Balaban J connectivity index is 1.08. The molecule has 2 aromatic heterocycles. The zero-order valence-electron chi connectivity index (χ0n) is 21.3. The van der Waals surface area contributed by atoms with Gasteiger partial charge in [0.1, 0.15) is 18.5 Å². The van der Waals surface area contributed by atoms with Gasteiger partial charge >= 0.3 is 0 Å². The molecule has 7 nitrogen and oxygen atoms in total. The van der Waals surface area contributed by atoms with E-state index in [-0.39, 0.29) is 6.10 Å². The van der Waals surface area contributed by atoms with Crippen molar-refractivity contribution in [1.29, 1.82) is 0 Å². The number of furan rings is 1. The van der Waals surface area contributed by atoms with Gasteiger partial charge in [0.15, 0.2) is 0 Å². The number of ether oxygens (including phenoxy) is 3. The van der Waals surface area contributed by atoms with Crippen molar-refractivity contribution in [3.63, 3.8) is 0 Å². The summed E-state index contributed by atoms with van der Waals surface area (Å²) in [5.41, 5.74) is 4.47. The third-order valence-corrected chi connectivity index (χ3v) is 7.62. The number of aromatic nitrogens is 2. The zero-order chi connectivity index (χ0) is 26.7. The van der Waals surface area contributed by atoms with Crippen LogP contribution in [0.4, 0.5) is 0 Å². The van der Waals surface area contributed by atoms with Gasteiger partial charge in [-0.25, -0.2) is 4.98 Å². The monoisotopic (exact) mass is 565 g/mol. The lowest BCUT2D eigenvalue weighted by Crippen LogP contribution is -2.34. The Kier molecular flexibility index (Phi) is 7.77. The van der Waals surface area contributed by atoms with Crippen molar-refractivity contribution < 1.29 is 18.6 Å². The van der Waals surface area contributed by atoms with Gasteiger partial charge in [0.2, 0.25) is 5.79 Å². The van der Waals surface area contributed by atoms with E-state index >= 15 is 0 Å². The molecular weight excluding hydrogens is 537 g/mol. The maximum absolute atomic E-state index is 6.58. The summed E-state index contributed by atoms with van der Waals surface area (Å²) < 4.78 is 26.0. The Morgan fingerprint density at radius 1 is 1.13 bits per heavy atom. The fourth-order valence-electron chi connectivity index (χ4n) is 5.11. The number of hydrogen-bond donors (Lipinski definition) is 0. The van der Waals surface area contributed by atoms with Crippen molar-refractivity contribution in [3.05, 3.63) is 112 Å². The second kappa shape index (κ2) is 11.6. The lowest BCUT2D eigenvalue weighted by Gasteiger charge is -2.30. The lowest BCUT2D eigenvalue weighted by atomic mass is 9.99. The summed E-state index contributed by atoms with van der Waals surface area (Å²) in [6.45, 7) is 3.96. The van der Waals surface area contributed by atoms with Gasteiger partial charge in [0, 0.05) is 48.2 Å². The molecule has 0 N–H and O–H groups in total. The van der Waals surface area contributed by atoms with E-state index in [1.807, 2.05) is 29.0 Å². The third-order valence-electron chi connectivity index (χ3n) is 7.07. The number of imidazole rings is 1. The fraction of sp³-hybridized carbons (Fsp3) is 0.300. The molecule has 2 aromatic carbocycles. The van der Waals surface area contributed by atoms with Gasteiger partial charge in [-0.2, -0.15) is 0 Å². The first kappa shape index (κ1) is 26.2. The molecule has 0 amide bonds. The average Bonchev–Trinajstić information content (AvgIpc) is 3.71. The number of fused-ring (bicyclic) bond motifs is 1. The van der Waals surface area contributed by atoms with Crippen molar-refractivity contribution in [2.75, 3.05) is 26.3 Å². The van der Waals surface area contributed by atoms with Crippen LogP contribution in [-0.4, -0.2) is 46.9 Å². The number of hydrogen-bond acceptors (Lipinski definition) is 6. The highest BCUT2D eigenvalue weighted by atomic mass is 35.5. The van der Waals surface area contributed by atoms with Gasteiger partial charge in [-0.05, 0) is 47.9 Å². The lowest BCUT2D eigenvalue weighted by molar-refractivity contribution is -0.189. The molecule has 0 radical (unpaired) electrons. The second-order valence-corrected chi connectivity index (χ2v) is 10.7. The summed E-state index contributed by atoms with van der Waals surface area (Å²) in [6, 6.07) is 13.7. The zero-order valence-corrected chi connectivity index (χ0v) is 22.9. The van der Waals surface area contributed by atoms with Crippen LogP contribution in [0.2, 0.25) is 10.0 Å². The maximum atomic E-state index is 6.58. The van der Waals surface area contributed by atoms with Crippen molar-refractivity contribution in [3.8, 4) is 5.75 Å². The third kappa shape index (κ3) is 6.08. The summed E-state index contributed by atoms with van der Waals surface area (Å²) >= 11 is 12.7. The van der Waals surface area contributed by atoms with E-state index in [1.165, 1.54) is 11.1 Å². The van der Waals surface area contributed by atoms with E-state index in [9.17, 15) is 0 Å². The minimum atomic E-state index is -1.07. The van der Waals surface area contributed by atoms with Crippen molar-refractivity contribution in [2.45, 2.75) is 31.4 Å². The SMILES string of the molecule is Clc1ccc([C@@]2(Cn3ccnc3)OC[C@H](COc3ccc4c(c3)CCN(CC=Cc3ccoc3)C4)O2)c(Cl)c1. The normalized spacial score (nSPS) is 21.4. The first-order valence-corrected chi connectivity index (χ1v) is 13.7. The molecule has 202 valence electrons. The standard InChI is InChI=1S/C30H29Cl2N3O4/c31-25-4-6-28(29(32)15-25)30(20-35-12-9-33-21-35)38-19-27(39-30)18-37-26-5-3-24-16-34(11-7-23(24)14-26)10-1-2-22-8-13-36-17-22/h1-6,8-9,12-15,17,21,27H,7,10-11,16,18-20H2/t27-,30-/m0/s1. The molecule has 0 aliphatic carbocycles. The summed E-state index contributed by atoms with van der Waals surface area (Å²) in [6.07, 6.45) is 13.7. The van der Waals surface area contributed by atoms with E-state index in [0.29, 0.717) is 29.8 Å². The van der Waals surface area contributed by atoms with Gasteiger partial charge in [-0.1, -0.05) is 47.5 Å². The molecule has 0 saturated carbocycles. The van der Waals surface area contributed by atoms with Gasteiger partial charge in [-0.15, -0.1) is 0 Å². The van der Waals surface area contributed by atoms with Crippen molar-refractivity contribution >= 4 is 29.3 Å². The molecule has 6 rings (SSSR count).